The Morgan fingerprint density at radius 1 is 0.344 bits per heavy atom. The molecule has 0 bridgehead atoms. The van der Waals surface area contributed by atoms with Crippen LogP contribution in [0.5, 0.6) is 0 Å². The summed E-state index contributed by atoms with van der Waals surface area (Å²) in [5, 5.41) is 0. The van der Waals surface area contributed by atoms with Gasteiger partial charge >= 0.3 is 11.9 Å². The van der Waals surface area contributed by atoms with E-state index < -0.39 is 32.5 Å². The topological polar surface area (TPSA) is 111 Å². The number of esters is 2. The van der Waals surface area contributed by atoms with Crippen LogP contribution in [0.25, 0.3) is 0 Å². The van der Waals surface area contributed by atoms with E-state index in [0.29, 0.717) is 23.9 Å². The van der Waals surface area contributed by atoms with Gasteiger partial charge in [0.05, 0.1) is 27.7 Å². The van der Waals surface area contributed by atoms with Gasteiger partial charge in [-0.1, -0.05) is 285 Å². The van der Waals surface area contributed by atoms with Crippen molar-refractivity contribution in [1.82, 2.24) is 0 Å². The van der Waals surface area contributed by atoms with Crippen LogP contribution in [0, 0.1) is 0 Å². The van der Waals surface area contributed by atoms with E-state index in [4.69, 9.17) is 18.5 Å². The predicted molar refractivity (Wildman–Crippen MR) is 387 cm³/mol. The molecule has 10 heteroatoms. The molecule has 0 spiro atoms. The molecule has 0 aromatic rings. The van der Waals surface area contributed by atoms with Gasteiger partial charge in [-0.15, -0.1) is 0 Å². The third-order valence-corrected chi connectivity index (χ3v) is 15.1. The van der Waals surface area contributed by atoms with E-state index in [1.54, 1.807) is 0 Å². The molecular weight excluding hydrogens is 1130 g/mol. The third kappa shape index (κ3) is 71.9. The monoisotopic (exact) mass is 1260 g/mol. The van der Waals surface area contributed by atoms with Gasteiger partial charge < -0.3 is 27.9 Å². The number of hydrogen-bond acceptors (Lipinski definition) is 8. The number of carbonyl (C=O) groups is 2. The van der Waals surface area contributed by atoms with E-state index in [1.807, 2.05) is 21.1 Å². The molecule has 90 heavy (non-hydrogen) atoms. The Balaban J connectivity index is 4.19. The average molecular weight is 1260 g/mol. The minimum atomic E-state index is -4.66. The lowest BCUT2D eigenvalue weighted by Gasteiger charge is -2.28. The Hall–Kier alpha value is -5.15. The van der Waals surface area contributed by atoms with Crippen molar-refractivity contribution < 1.29 is 42.1 Å². The maximum atomic E-state index is 12.9. The van der Waals surface area contributed by atoms with Crippen LogP contribution in [0.1, 0.15) is 245 Å². The van der Waals surface area contributed by atoms with Crippen LogP contribution < -0.4 is 4.89 Å². The fourth-order valence-electron chi connectivity index (χ4n) is 8.80. The number of unbranched alkanes of at least 4 members (excludes halogenated alkanes) is 16. The minimum absolute atomic E-state index is 0.0455. The molecule has 9 nitrogen and oxygen atoms in total. The van der Waals surface area contributed by atoms with Gasteiger partial charge in [-0.05, 0) is 141 Å². The second kappa shape index (κ2) is 68.2. The molecule has 506 valence electrons. The summed E-state index contributed by atoms with van der Waals surface area (Å²) >= 11 is 0. The Morgan fingerprint density at radius 2 is 0.600 bits per heavy atom. The minimum Gasteiger partial charge on any atom is -0.756 e. The van der Waals surface area contributed by atoms with Crippen LogP contribution in [-0.2, 0) is 32.7 Å². The highest BCUT2D eigenvalue weighted by atomic mass is 31.2. The largest absolute Gasteiger partial charge is 0.756 e. The van der Waals surface area contributed by atoms with Crippen molar-refractivity contribution in [2.75, 3.05) is 47.5 Å². The first-order chi connectivity index (χ1) is 44.0. The van der Waals surface area contributed by atoms with E-state index in [2.05, 4.69) is 208 Å². The van der Waals surface area contributed by atoms with Crippen molar-refractivity contribution in [2.45, 2.75) is 251 Å². The molecule has 0 aromatic carbocycles. The zero-order valence-electron chi connectivity index (χ0n) is 57.5. The van der Waals surface area contributed by atoms with Gasteiger partial charge in [0.1, 0.15) is 19.8 Å². The van der Waals surface area contributed by atoms with Gasteiger partial charge in [0, 0.05) is 12.8 Å². The van der Waals surface area contributed by atoms with Crippen LogP contribution in [0.15, 0.2) is 194 Å². The number of rotatable bonds is 62. The molecule has 2 atom stereocenters. The third-order valence-electron chi connectivity index (χ3n) is 14.1. The van der Waals surface area contributed by atoms with Crippen LogP contribution >= 0.6 is 7.82 Å². The molecule has 0 fully saturated rings. The first-order valence-electron chi connectivity index (χ1n) is 35.1. The second-order valence-corrected chi connectivity index (χ2v) is 25.2. The van der Waals surface area contributed by atoms with E-state index in [-0.39, 0.29) is 26.1 Å². The first kappa shape index (κ1) is 84.8. The summed E-state index contributed by atoms with van der Waals surface area (Å²) in [6.45, 7) is 3.97. The van der Waals surface area contributed by atoms with Crippen LogP contribution in [0.4, 0.5) is 0 Å². The van der Waals surface area contributed by atoms with Crippen molar-refractivity contribution in [1.29, 1.82) is 0 Å². The number of allylic oxidation sites excluding steroid dienone is 32. The Labute approximate surface area is 552 Å². The number of phosphoric acid groups is 1. The Bertz CT molecular complexity index is 2220. The molecule has 0 heterocycles. The summed E-state index contributed by atoms with van der Waals surface area (Å²) in [5.74, 6) is -0.869. The van der Waals surface area contributed by atoms with Gasteiger partial charge in [-0.3, -0.25) is 14.2 Å². The number of quaternary nitrogens is 1. The lowest BCUT2D eigenvalue weighted by molar-refractivity contribution is -0.870. The lowest BCUT2D eigenvalue weighted by Crippen LogP contribution is -2.37. The van der Waals surface area contributed by atoms with Crippen molar-refractivity contribution >= 4 is 19.8 Å². The zero-order valence-corrected chi connectivity index (χ0v) is 58.4. The molecule has 0 aliphatic rings. The molecule has 0 amide bonds. The highest BCUT2D eigenvalue weighted by Crippen LogP contribution is 2.38. The smallest absolute Gasteiger partial charge is 0.306 e. The van der Waals surface area contributed by atoms with Crippen LogP contribution in [-0.4, -0.2) is 70.0 Å². The van der Waals surface area contributed by atoms with E-state index in [0.717, 1.165) is 167 Å². The van der Waals surface area contributed by atoms with Crippen molar-refractivity contribution in [3.8, 4) is 0 Å². The first-order valence-corrected chi connectivity index (χ1v) is 36.6. The molecule has 0 aliphatic carbocycles. The van der Waals surface area contributed by atoms with Gasteiger partial charge in [0.25, 0.3) is 7.82 Å². The molecule has 0 radical (unpaired) electrons. The van der Waals surface area contributed by atoms with E-state index >= 15 is 0 Å². The Morgan fingerprint density at radius 3 is 0.889 bits per heavy atom. The summed E-state index contributed by atoms with van der Waals surface area (Å²) in [7, 11) is 1.13. The van der Waals surface area contributed by atoms with Gasteiger partial charge in [-0.2, -0.15) is 0 Å². The van der Waals surface area contributed by atoms with Crippen LogP contribution in [0.3, 0.4) is 0 Å². The highest BCUT2D eigenvalue weighted by molar-refractivity contribution is 7.45. The maximum Gasteiger partial charge on any atom is 0.306 e. The molecular formula is C80H128NO8P. The molecule has 0 rings (SSSR count). The molecule has 0 aliphatic heterocycles. The normalized spacial score (nSPS) is 14.3. The summed E-state index contributed by atoms with van der Waals surface area (Å²) < 4.78 is 34.3. The quantitative estimate of drug-likeness (QED) is 0.0195. The highest BCUT2D eigenvalue weighted by Gasteiger charge is 2.22. The SMILES string of the molecule is CC/C=C\C/C=C\C/C=C\C/C=C\C/C=C\C/C=C\C/C=C\C/C=C\C/C=C\C/C=C\CCCCCCCCC(=O)OC(COC(=O)CCCCCCCCCCCC/C=C\C/C=C\C/C=C\C/C=C\C/C=C\C/C=C\CC)COP(=O)([O-])OCC[N+](C)(C)C. The predicted octanol–water partition coefficient (Wildman–Crippen LogP) is 22.6. The van der Waals surface area contributed by atoms with E-state index in [1.165, 1.54) is 38.5 Å². The van der Waals surface area contributed by atoms with Crippen molar-refractivity contribution in [2.24, 2.45) is 0 Å². The maximum absolute atomic E-state index is 12.9. The zero-order chi connectivity index (χ0) is 65.5. The van der Waals surface area contributed by atoms with Gasteiger partial charge in [-0.25, -0.2) is 0 Å². The fraction of sp³-hybridized carbons (Fsp3) is 0.575. The molecule has 0 aromatic heterocycles. The van der Waals surface area contributed by atoms with E-state index in [9.17, 15) is 19.0 Å². The summed E-state index contributed by atoms with van der Waals surface area (Å²) in [6.07, 6.45) is 106. The number of carbonyl (C=O) groups excluding carboxylic acids is 2. The molecule has 0 saturated carbocycles. The summed E-state index contributed by atoms with van der Waals surface area (Å²) in [6, 6.07) is 0. The fourth-order valence-corrected chi connectivity index (χ4v) is 9.53. The molecule has 0 saturated heterocycles. The molecule has 2 unspecified atom stereocenters. The number of likely N-dealkylation sites (N-methyl/N-ethyl adjacent to an activating group) is 1. The molecule has 0 N–H and O–H groups in total. The summed E-state index contributed by atoms with van der Waals surface area (Å²) in [5.41, 5.74) is 0. The summed E-state index contributed by atoms with van der Waals surface area (Å²) in [4.78, 5) is 38.1. The number of hydrogen-bond donors (Lipinski definition) is 0. The Kier molecular flexibility index (Phi) is 64.3. The van der Waals surface area contributed by atoms with Gasteiger partial charge in [0.2, 0.25) is 0 Å². The van der Waals surface area contributed by atoms with Crippen molar-refractivity contribution in [3.63, 3.8) is 0 Å². The second-order valence-electron chi connectivity index (χ2n) is 23.8. The van der Waals surface area contributed by atoms with Gasteiger partial charge in [0.15, 0.2) is 6.10 Å². The average Bonchev–Trinajstić information content (AvgIpc) is 3.58. The number of ether oxygens (including phenoxy) is 2. The number of nitrogens with zero attached hydrogens (tertiary/aromatic N) is 1. The lowest BCUT2D eigenvalue weighted by atomic mass is 10.1. The van der Waals surface area contributed by atoms with Crippen molar-refractivity contribution in [3.05, 3.63) is 194 Å². The number of phosphoric ester groups is 1. The van der Waals surface area contributed by atoms with Crippen LogP contribution in [0.2, 0.25) is 0 Å². The standard InChI is InChI=1S/C80H128NO8P/c1-6-8-10-12-14-16-18-20-22-24-26-28-30-32-34-36-37-38-39-40-41-42-43-45-47-49-51-53-55-57-59-61-63-65-67-69-71-73-80(83)89-78(77-88-90(84,85)87-75-74-81(3,4)5)76-86-79(82)72-70-68-66-64-62-60-58-56-54-52-50-48-46-44-35-33-31-29-27-25-23-21-19-17-15-13-11-9-7-2/h8-11,14-17,20-23,26-29,32-35,37-38,40-41,43,45-46,48-49,51,55,57,78H,6-7,12-13,18-19,24-25,30-31,36,39,42,44,47,50,52-54,56,58-77H2,1-5H3/b10-8-,11-9-,16-14-,17-15-,22-20-,23-21-,28-26-,29-27-,34-32-,35-33-,38-37-,41-40-,45-43-,48-46-,51-49-,57-55-.